The molecule has 0 saturated heterocycles. The van der Waals surface area contributed by atoms with Gasteiger partial charge in [-0.15, -0.1) is 24.8 Å². The van der Waals surface area contributed by atoms with Gasteiger partial charge in [-0.2, -0.15) is 13.5 Å². The van der Waals surface area contributed by atoms with Crippen molar-refractivity contribution >= 4 is 76.0 Å². The molecule has 28 valence electrons. The fourth-order valence-electron chi connectivity index (χ4n) is 0. The molecule has 0 spiro atoms. The monoisotopic (exact) mass is 148 g/mol. The van der Waals surface area contributed by atoms with Crippen molar-refractivity contribution in [1.29, 1.82) is 0 Å². The molecule has 0 bridgehead atoms. The summed E-state index contributed by atoms with van der Waals surface area (Å²) in [6.45, 7) is 0. The first-order valence-corrected chi connectivity index (χ1v) is 0. The summed E-state index contributed by atoms with van der Waals surface area (Å²) in [5, 5.41) is 0. The van der Waals surface area contributed by atoms with Crippen molar-refractivity contribution in [3.05, 3.63) is 0 Å². The van der Waals surface area contributed by atoms with Crippen LogP contribution < -0.4 is 0 Å². The zero-order valence-corrected chi connectivity index (χ0v) is 3.95. The fraction of sp³-hybridized carbons (Fsp3) is 0. The van der Waals surface area contributed by atoms with Crippen molar-refractivity contribution in [3.8, 4) is 0 Å². The van der Waals surface area contributed by atoms with Crippen LogP contribution in [0.1, 0.15) is 0 Å². The van der Waals surface area contributed by atoms with E-state index >= 15 is 0 Å². The molecule has 4 heavy (non-hydrogen) atoms. The molecular weight excluding hydrogens is 143 g/mol. The molecule has 0 aromatic heterocycles. The van der Waals surface area contributed by atoms with Crippen molar-refractivity contribution in [2.24, 2.45) is 0 Å². The van der Waals surface area contributed by atoms with Gasteiger partial charge in [-0.1, -0.05) is 0 Å². The standard InChI is InChI=1S/Ca.2ClH.H2S.2H/h;2*1H;1H2;;. The molecule has 0 atom stereocenters. The molecule has 0 rings (SSSR count). The maximum absolute atomic E-state index is 0. The minimum absolute atomic E-state index is 0. The molecule has 0 aromatic rings. The molecule has 0 fully saturated rings. The second-order valence-corrected chi connectivity index (χ2v) is 0. The van der Waals surface area contributed by atoms with E-state index in [1.54, 1.807) is 0 Å². The van der Waals surface area contributed by atoms with Crippen LogP contribution in [0, 0.1) is 0 Å². The molecule has 0 aliphatic carbocycles. The first-order chi connectivity index (χ1) is 0. The van der Waals surface area contributed by atoms with Gasteiger partial charge in [0.05, 0.1) is 0 Å². The summed E-state index contributed by atoms with van der Waals surface area (Å²) in [5.74, 6) is 0. The summed E-state index contributed by atoms with van der Waals surface area (Å²) < 4.78 is 0. The van der Waals surface area contributed by atoms with E-state index in [0.717, 1.165) is 0 Å². The van der Waals surface area contributed by atoms with Gasteiger partial charge in [-0.05, 0) is 0 Å². The van der Waals surface area contributed by atoms with Crippen molar-refractivity contribution < 1.29 is 0 Å². The van der Waals surface area contributed by atoms with Crippen molar-refractivity contribution in [1.82, 2.24) is 0 Å². The van der Waals surface area contributed by atoms with E-state index in [9.17, 15) is 0 Å². The number of rotatable bonds is 0. The minimum atomic E-state index is 0. The Hall–Kier alpha value is 2.19. The molecular formula is H6CaCl2S. The van der Waals surface area contributed by atoms with Crippen LogP contribution in [0.25, 0.3) is 0 Å². The zero-order chi connectivity index (χ0) is 0. The van der Waals surface area contributed by atoms with Crippen LogP contribution in [0.3, 0.4) is 0 Å². The fourth-order valence-corrected chi connectivity index (χ4v) is 0. The third-order valence-corrected chi connectivity index (χ3v) is 0. The third-order valence-electron chi connectivity index (χ3n) is 0. The van der Waals surface area contributed by atoms with Gasteiger partial charge in [-0.25, -0.2) is 0 Å². The van der Waals surface area contributed by atoms with E-state index in [1.165, 1.54) is 0 Å². The van der Waals surface area contributed by atoms with Crippen molar-refractivity contribution in [3.63, 3.8) is 0 Å². The van der Waals surface area contributed by atoms with Crippen LogP contribution in [0.15, 0.2) is 0 Å². The van der Waals surface area contributed by atoms with E-state index in [4.69, 9.17) is 0 Å². The molecule has 0 saturated carbocycles. The summed E-state index contributed by atoms with van der Waals surface area (Å²) >= 11 is 0. The first-order valence-electron chi connectivity index (χ1n) is 0. The summed E-state index contributed by atoms with van der Waals surface area (Å²) in [5.41, 5.74) is 0. The van der Waals surface area contributed by atoms with Gasteiger partial charge in [0.25, 0.3) is 0 Å². The van der Waals surface area contributed by atoms with E-state index in [-0.39, 0.29) is 76.0 Å². The van der Waals surface area contributed by atoms with Crippen LogP contribution >= 0.6 is 38.3 Å². The first kappa shape index (κ1) is 34.8. The van der Waals surface area contributed by atoms with Crippen LogP contribution in [-0.4, -0.2) is 37.7 Å². The van der Waals surface area contributed by atoms with Gasteiger partial charge in [0.1, 0.15) is 0 Å². The molecule has 0 aliphatic rings. The van der Waals surface area contributed by atoms with Gasteiger partial charge in [0.2, 0.25) is 0 Å². The Morgan fingerprint density at radius 1 is 0.750 bits per heavy atom. The number of hydrogen-bond acceptors (Lipinski definition) is 0. The average molecular weight is 149 g/mol. The van der Waals surface area contributed by atoms with Crippen molar-refractivity contribution in [2.45, 2.75) is 0 Å². The number of halogens is 2. The molecule has 4 heteroatoms. The Morgan fingerprint density at radius 2 is 0.750 bits per heavy atom. The van der Waals surface area contributed by atoms with Crippen LogP contribution in [0.5, 0.6) is 0 Å². The Kier molecular flexibility index (Phi) is 165. The molecule has 0 unspecified atom stereocenters. The van der Waals surface area contributed by atoms with Crippen LogP contribution in [0.4, 0.5) is 0 Å². The second-order valence-electron chi connectivity index (χ2n) is 0. The maximum atomic E-state index is 0. The molecule has 0 aliphatic heterocycles. The van der Waals surface area contributed by atoms with E-state index < -0.39 is 0 Å². The average Bonchev–Trinajstić information content (AvgIpc) is 0. The normalized spacial score (nSPS) is 0. The van der Waals surface area contributed by atoms with Gasteiger partial charge in [0.15, 0.2) is 0 Å². The van der Waals surface area contributed by atoms with Crippen LogP contribution in [-0.2, 0) is 0 Å². The summed E-state index contributed by atoms with van der Waals surface area (Å²) in [6.07, 6.45) is 0. The van der Waals surface area contributed by atoms with E-state index in [1.807, 2.05) is 0 Å². The van der Waals surface area contributed by atoms with Crippen molar-refractivity contribution in [2.75, 3.05) is 0 Å². The number of hydrogen-bond donors (Lipinski definition) is 0. The Bertz CT molecular complexity index is 6.00. The zero-order valence-electron chi connectivity index (χ0n) is 1.32. The molecule has 0 radical (unpaired) electrons. The summed E-state index contributed by atoms with van der Waals surface area (Å²) in [7, 11) is 0. The molecule has 0 heterocycles. The van der Waals surface area contributed by atoms with Gasteiger partial charge in [-0.3, -0.25) is 0 Å². The second kappa shape index (κ2) is 19.0. The molecule has 0 aromatic carbocycles. The Balaban J connectivity index is 0. The van der Waals surface area contributed by atoms with Gasteiger partial charge < -0.3 is 0 Å². The third kappa shape index (κ3) is 8.89. The molecule has 0 nitrogen and oxygen atoms in total. The van der Waals surface area contributed by atoms with E-state index in [2.05, 4.69) is 0 Å². The quantitative estimate of drug-likeness (QED) is 0.426. The van der Waals surface area contributed by atoms with Gasteiger partial charge >= 0.3 is 37.7 Å². The summed E-state index contributed by atoms with van der Waals surface area (Å²) in [6, 6.07) is 0. The summed E-state index contributed by atoms with van der Waals surface area (Å²) in [4.78, 5) is 0. The SMILES string of the molecule is Cl.Cl.S.[CaH2]. The van der Waals surface area contributed by atoms with Crippen LogP contribution in [0.2, 0.25) is 0 Å². The molecule has 0 amide bonds. The Morgan fingerprint density at radius 3 is 0.750 bits per heavy atom. The van der Waals surface area contributed by atoms with Gasteiger partial charge in [0, 0.05) is 0 Å². The predicted octanol–water partition coefficient (Wildman–Crippen LogP) is 0.0402. The molecule has 0 N–H and O–H groups in total. The van der Waals surface area contributed by atoms with E-state index in [0.29, 0.717) is 0 Å². The topological polar surface area (TPSA) is 0 Å². The predicted molar refractivity (Wildman–Crippen MR) is 33.4 cm³/mol. The Labute approximate surface area is 75.0 Å².